The lowest BCUT2D eigenvalue weighted by atomic mass is 10.1. The number of H-pyrrole nitrogens is 1. The van der Waals surface area contributed by atoms with Crippen molar-refractivity contribution in [2.45, 2.75) is 40.2 Å². The minimum Gasteiger partial charge on any atom is -0.383 e. The van der Waals surface area contributed by atoms with Gasteiger partial charge in [-0.05, 0) is 38.5 Å². The van der Waals surface area contributed by atoms with Crippen LogP contribution in [-0.4, -0.2) is 32.3 Å². The molecule has 168 valence electrons. The lowest BCUT2D eigenvalue weighted by Gasteiger charge is -2.19. The summed E-state index contributed by atoms with van der Waals surface area (Å²) in [5, 5.41) is 4.57. The number of aryl methyl sites for hydroxylation is 1. The van der Waals surface area contributed by atoms with E-state index in [9.17, 15) is 14.4 Å². The molecule has 3 N–H and O–H groups in total. The van der Waals surface area contributed by atoms with Gasteiger partial charge in [-0.25, -0.2) is 9.48 Å². The average Bonchev–Trinajstić information content (AvgIpc) is 3.05. The fourth-order valence-corrected chi connectivity index (χ4v) is 3.53. The number of nitrogens with one attached hydrogen (secondary N) is 1. The van der Waals surface area contributed by atoms with E-state index in [1.54, 1.807) is 6.08 Å². The summed E-state index contributed by atoms with van der Waals surface area (Å²) in [6, 6.07) is 9.70. The lowest BCUT2D eigenvalue weighted by molar-refractivity contribution is -0.113. The molecule has 3 aromatic rings. The maximum Gasteiger partial charge on any atom is 0.330 e. The van der Waals surface area contributed by atoms with E-state index in [0.29, 0.717) is 6.54 Å². The summed E-state index contributed by atoms with van der Waals surface area (Å²) in [6.07, 6.45) is 4.62. The van der Waals surface area contributed by atoms with Gasteiger partial charge in [0.1, 0.15) is 5.82 Å². The monoisotopic (exact) mass is 436 g/mol. The van der Waals surface area contributed by atoms with Crippen molar-refractivity contribution in [2.24, 2.45) is 0 Å². The number of hydrogen-bond acceptors (Lipinski definition) is 5. The molecule has 9 heteroatoms. The second-order valence-corrected chi connectivity index (χ2v) is 7.56. The summed E-state index contributed by atoms with van der Waals surface area (Å²) in [5.41, 5.74) is 8.14. The van der Waals surface area contributed by atoms with E-state index < -0.39 is 17.2 Å². The molecule has 0 bridgehead atoms. The Balaban J connectivity index is 1.91. The number of benzene rings is 1. The van der Waals surface area contributed by atoms with Crippen LogP contribution >= 0.6 is 0 Å². The zero-order chi connectivity index (χ0) is 23.4. The molecule has 0 atom stereocenters. The Morgan fingerprint density at radius 2 is 1.91 bits per heavy atom. The number of aromatic amines is 1. The van der Waals surface area contributed by atoms with Crippen LogP contribution in [-0.2, 0) is 11.3 Å². The fraction of sp³-hybridized carbons (Fsp3) is 0.304. The second kappa shape index (κ2) is 9.51. The fourth-order valence-electron chi connectivity index (χ4n) is 3.53. The number of hydrogen-bond donors (Lipinski definition) is 2. The Labute approximate surface area is 185 Å². The van der Waals surface area contributed by atoms with Gasteiger partial charge in [-0.1, -0.05) is 31.5 Å². The van der Waals surface area contributed by atoms with Gasteiger partial charge in [0.15, 0.2) is 5.69 Å². The second-order valence-electron chi connectivity index (χ2n) is 7.56. The van der Waals surface area contributed by atoms with Crippen LogP contribution in [0.4, 0.5) is 11.5 Å². The van der Waals surface area contributed by atoms with Crippen LogP contribution < -0.4 is 21.9 Å². The molecule has 2 aromatic heterocycles. The Kier molecular flexibility index (Phi) is 6.77. The zero-order valence-corrected chi connectivity index (χ0v) is 18.8. The Hall–Kier alpha value is -3.88. The molecule has 2 heterocycles. The summed E-state index contributed by atoms with van der Waals surface area (Å²) in [7, 11) is 1.45. The standard InChI is InChI=1S/C23H28N6O3/c1-5-6-14-28-21(24)20(22(31)25-23(28)32)27(4)19(30)13-12-18-15(2)26-29(16(18)3)17-10-8-7-9-11-17/h7-13H,5-6,14,24H2,1-4H3,(H,25,31,32)/b13-12+. The predicted molar refractivity (Wildman–Crippen MR) is 126 cm³/mol. The summed E-state index contributed by atoms with van der Waals surface area (Å²) in [6.45, 7) is 6.14. The van der Waals surface area contributed by atoms with Crippen LogP contribution in [0.1, 0.15) is 36.7 Å². The SMILES string of the molecule is CCCCn1c(N)c(N(C)C(=O)/C=C/c2c(C)nn(-c3ccccc3)c2C)c(=O)[nH]c1=O. The number of nitrogen functional groups attached to an aromatic ring is 1. The van der Waals surface area contributed by atoms with Crippen molar-refractivity contribution in [2.75, 3.05) is 17.7 Å². The molecule has 1 aromatic carbocycles. The third-order valence-electron chi connectivity index (χ3n) is 5.36. The highest BCUT2D eigenvalue weighted by atomic mass is 16.2. The van der Waals surface area contributed by atoms with Crippen molar-refractivity contribution in [3.8, 4) is 5.69 Å². The summed E-state index contributed by atoms with van der Waals surface area (Å²) >= 11 is 0. The van der Waals surface area contributed by atoms with Gasteiger partial charge in [0.2, 0.25) is 0 Å². The molecule has 9 nitrogen and oxygen atoms in total. The highest BCUT2D eigenvalue weighted by molar-refractivity contribution is 6.04. The molecule has 0 aliphatic carbocycles. The Morgan fingerprint density at radius 1 is 1.22 bits per heavy atom. The number of nitrogens with two attached hydrogens (primary N) is 1. The van der Waals surface area contributed by atoms with Gasteiger partial charge in [-0.3, -0.25) is 19.1 Å². The van der Waals surface area contributed by atoms with E-state index in [4.69, 9.17) is 5.73 Å². The zero-order valence-electron chi connectivity index (χ0n) is 18.8. The molecule has 0 saturated heterocycles. The molecule has 1 amide bonds. The smallest absolute Gasteiger partial charge is 0.330 e. The van der Waals surface area contributed by atoms with E-state index in [0.717, 1.165) is 40.4 Å². The van der Waals surface area contributed by atoms with Crippen molar-refractivity contribution in [1.29, 1.82) is 0 Å². The molecule has 32 heavy (non-hydrogen) atoms. The van der Waals surface area contributed by atoms with E-state index in [-0.39, 0.29) is 11.5 Å². The Bertz CT molecular complexity index is 1270. The number of rotatable bonds is 7. The van der Waals surface area contributed by atoms with Crippen LogP contribution in [0.25, 0.3) is 11.8 Å². The van der Waals surface area contributed by atoms with Crippen LogP contribution in [0, 0.1) is 13.8 Å². The molecule has 0 saturated carbocycles. The third kappa shape index (κ3) is 4.41. The highest BCUT2D eigenvalue weighted by Crippen LogP contribution is 2.20. The van der Waals surface area contributed by atoms with Crippen LogP contribution in [0.2, 0.25) is 0 Å². The minimum absolute atomic E-state index is 0.0271. The number of carbonyl (C=O) groups is 1. The van der Waals surface area contributed by atoms with Crippen LogP contribution in [0.5, 0.6) is 0 Å². The summed E-state index contributed by atoms with van der Waals surface area (Å²) in [5.74, 6) is -0.477. The largest absolute Gasteiger partial charge is 0.383 e. The van der Waals surface area contributed by atoms with Gasteiger partial charge in [-0.15, -0.1) is 0 Å². The normalized spacial score (nSPS) is 11.2. The molecule has 0 spiro atoms. The minimum atomic E-state index is -0.700. The lowest BCUT2D eigenvalue weighted by Crippen LogP contribution is -2.38. The van der Waals surface area contributed by atoms with Crippen LogP contribution in [0.15, 0.2) is 46.0 Å². The first-order valence-corrected chi connectivity index (χ1v) is 10.5. The van der Waals surface area contributed by atoms with Crippen molar-refractivity contribution < 1.29 is 4.79 Å². The van der Waals surface area contributed by atoms with Crippen molar-refractivity contribution in [3.63, 3.8) is 0 Å². The van der Waals surface area contributed by atoms with E-state index in [1.807, 2.05) is 55.8 Å². The number of unbranched alkanes of at least 4 members (excludes halogenated alkanes) is 1. The van der Waals surface area contributed by atoms with Crippen LogP contribution in [0.3, 0.4) is 0 Å². The van der Waals surface area contributed by atoms with Crippen molar-refractivity contribution in [3.05, 3.63) is 74.2 Å². The van der Waals surface area contributed by atoms with Gasteiger partial charge in [-0.2, -0.15) is 5.10 Å². The predicted octanol–water partition coefficient (Wildman–Crippen LogP) is 2.40. The first kappa shape index (κ1) is 22.8. The summed E-state index contributed by atoms with van der Waals surface area (Å²) in [4.78, 5) is 40.8. The number of anilines is 2. The van der Waals surface area contributed by atoms with Gasteiger partial charge in [0, 0.05) is 30.9 Å². The first-order chi connectivity index (χ1) is 15.3. The highest BCUT2D eigenvalue weighted by Gasteiger charge is 2.20. The average molecular weight is 437 g/mol. The molecule has 0 aliphatic heterocycles. The summed E-state index contributed by atoms with van der Waals surface area (Å²) < 4.78 is 3.10. The quantitative estimate of drug-likeness (QED) is 0.551. The number of carbonyl (C=O) groups excluding carboxylic acids is 1. The maximum atomic E-state index is 12.8. The number of para-hydroxylation sites is 1. The Morgan fingerprint density at radius 3 is 2.56 bits per heavy atom. The molecule has 0 fully saturated rings. The molecule has 0 unspecified atom stereocenters. The number of aromatic nitrogens is 4. The maximum absolute atomic E-state index is 12.8. The number of likely N-dealkylation sites (N-methyl/N-ethyl adjacent to an activating group) is 1. The van der Waals surface area contributed by atoms with Gasteiger partial charge in [0.25, 0.3) is 11.5 Å². The molecule has 3 rings (SSSR count). The van der Waals surface area contributed by atoms with E-state index in [1.165, 1.54) is 17.7 Å². The molecular weight excluding hydrogens is 408 g/mol. The molecule has 0 radical (unpaired) electrons. The first-order valence-electron chi connectivity index (χ1n) is 10.5. The third-order valence-corrected chi connectivity index (χ3v) is 5.36. The van der Waals surface area contributed by atoms with Crippen molar-refractivity contribution >= 4 is 23.5 Å². The molecule has 0 aliphatic rings. The van der Waals surface area contributed by atoms with Crippen molar-refractivity contribution in [1.82, 2.24) is 19.3 Å². The van der Waals surface area contributed by atoms with E-state index in [2.05, 4.69) is 10.1 Å². The number of amides is 1. The topological polar surface area (TPSA) is 119 Å². The molecular formula is C23H28N6O3. The van der Waals surface area contributed by atoms with Gasteiger partial charge in [0.05, 0.1) is 11.4 Å². The van der Waals surface area contributed by atoms with Gasteiger partial charge < -0.3 is 10.6 Å². The number of nitrogens with zero attached hydrogens (tertiary/aromatic N) is 4. The van der Waals surface area contributed by atoms with E-state index >= 15 is 0 Å². The van der Waals surface area contributed by atoms with Gasteiger partial charge >= 0.3 is 5.69 Å².